The van der Waals surface area contributed by atoms with E-state index in [0.29, 0.717) is 18.6 Å². The van der Waals surface area contributed by atoms with Gasteiger partial charge in [-0.3, -0.25) is 0 Å². The summed E-state index contributed by atoms with van der Waals surface area (Å²) >= 11 is 0. The van der Waals surface area contributed by atoms with Crippen molar-refractivity contribution in [2.24, 2.45) is 0 Å². The van der Waals surface area contributed by atoms with E-state index in [1.807, 2.05) is 13.0 Å². The number of hydrogen-bond donors (Lipinski definition) is 1. The van der Waals surface area contributed by atoms with E-state index in [-0.39, 0.29) is 24.2 Å². The fourth-order valence-corrected chi connectivity index (χ4v) is 5.75. The molecule has 0 amide bonds. The molecule has 1 aromatic carbocycles. The lowest BCUT2D eigenvalue weighted by atomic mass is 9.96. The van der Waals surface area contributed by atoms with Crippen LogP contribution in [-0.4, -0.2) is 51.0 Å². The second-order valence-electron chi connectivity index (χ2n) is 7.02. The minimum absolute atomic E-state index is 0.0595. The Hall–Kier alpha value is -1.70. The van der Waals surface area contributed by atoms with Crippen molar-refractivity contribution < 1.29 is 27.4 Å². The van der Waals surface area contributed by atoms with Crippen LogP contribution in [-0.2, 0) is 19.3 Å². The lowest BCUT2D eigenvalue weighted by Gasteiger charge is -2.14. The van der Waals surface area contributed by atoms with Gasteiger partial charge in [0.1, 0.15) is 5.25 Å². The smallest absolute Gasteiger partial charge is 0.165 e. The zero-order chi connectivity index (χ0) is 19.6. The van der Waals surface area contributed by atoms with Crippen LogP contribution in [0, 0.1) is 5.82 Å². The summed E-state index contributed by atoms with van der Waals surface area (Å²) in [5.74, 6) is -0.952. The van der Waals surface area contributed by atoms with Crippen LogP contribution in [0.4, 0.5) is 4.39 Å². The molecule has 1 fully saturated rings. The fraction of sp³-hybridized carbons (Fsp3) is 0.500. The molecule has 7 heteroatoms. The number of rotatable bonds is 7. The van der Waals surface area contributed by atoms with Crippen LogP contribution in [0.1, 0.15) is 31.7 Å². The third kappa shape index (κ3) is 4.25. The Morgan fingerprint density at radius 1 is 1.44 bits per heavy atom. The van der Waals surface area contributed by atoms with Crippen molar-refractivity contribution >= 4 is 15.9 Å². The highest BCUT2D eigenvalue weighted by Gasteiger charge is 2.46. The van der Waals surface area contributed by atoms with Gasteiger partial charge in [-0.2, -0.15) is 0 Å². The highest BCUT2D eigenvalue weighted by atomic mass is 32.2. The molecule has 2 heterocycles. The van der Waals surface area contributed by atoms with Crippen molar-refractivity contribution in [3.63, 3.8) is 0 Å². The summed E-state index contributed by atoms with van der Waals surface area (Å²) < 4.78 is 49.2. The molecule has 0 aliphatic carbocycles. The number of allylic oxidation sites excluding steroid dienone is 1. The summed E-state index contributed by atoms with van der Waals surface area (Å²) in [5.41, 5.74) is 3.51. The van der Waals surface area contributed by atoms with E-state index in [9.17, 15) is 17.9 Å². The Morgan fingerprint density at radius 2 is 2.22 bits per heavy atom. The molecule has 0 radical (unpaired) electrons. The molecule has 1 aromatic rings. The summed E-state index contributed by atoms with van der Waals surface area (Å²) in [5, 5.41) is 8.77. The van der Waals surface area contributed by atoms with Crippen LogP contribution in [0.25, 0.3) is 6.08 Å². The van der Waals surface area contributed by atoms with Crippen molar-refractivity contribution in [3.05, 3.63) is 46.3 Å². The summed E-state index contributed by atoms with van der Waals surface area (Å²) in [7, 11) is -1.63. The van der Waals surface area contributed by atoms with Gasteiger partial charge in [0, 0.05) is 7.11 Å². The number of phenols is 1. The number of sulfone groups is 1. The standard InChI is InChI=1S/C20H25FO5S/c1-3-13(8-14-4-6-17(22)16(21)9-14)5-7-18-20-15(10-25-2)12-27(23,24)19(20)11-26-18/h4,6,8-9,18-19,22H,3,5,7,10-12H2,1-2H3/b13-8+/t18-,19+/m1/s1. The van der Waals surface area contributed by atoms with Gasteiger partial charge < -0.3 is 14.6 Å². The SMILES string of the molecule is CC/C(=C\c1ccc(O)c(F)c1)CC[C@H]1OC[C@H]2C1=C(COC)CS2(=O)=O. The maximum atomic E-state index is 13.5. The summed E-state index contributed by atoms with van der Waals surface area (Å²) in [6.45, 7) is 2.55. The van der Waals surface area contributed by atoms with Crippen LogP contribution in [0.5, 0.6) is 5.75 Å². The first kappa shape index (κ1) is 20.0. The molecule has 5 nitrogen and oxygen atoms in total. The molecule has 1 N–H and O–H groups in total. The number of aromatic hydroxyl groups is 1. The van der Waals surface area contributed by atoms with Crippen molar-refractivity contribution in [2.45, 2.75) is 37.5 Å². The minimum atomic E-state index is -3.19. The molecule has 0 spiro atoms. The van der Waals surface area contributed by atoms with Crippen molar-refractivity contribution in [1.82, 2.24) is 0 Å². The maximum absolute atomic E-state index is 13.5. The van der Waals surface area contributed by atoms with E-state index in [0.717, 1.165) is 29.6 Å². The summed E-state index contributed by atoms with van der Waals surface area (Å²) in [4.78, 5) is 0. The monoisotopic (exact) mass is 396 g/mol. The van der Waals surface area contributed by atoms with Crippen LogP contribution in [0.3, 0.4) is 0 Å². The Balaban J connectivity index is 1.74. The van der Waals surface area contributed by atoms with E-state index in [1.54, 1.807) is 13.2 Å². The van der Waals surface area contributed by atoms with Gasteiger partial charge in [-0.25, -0.2) is 12.8 Å². The second-order valence-corrected chi connectivity index (χ2v) is 9.20. The lowest BCUT2D eigenvalue weighted by molar-refractivity contribution is 0.117. The van der Waals surface area contributed by atoms with Gasteiger partial charge in [0.05, 0.1) is 25.1 Å². The van der Waals surface area contributed by atoms with Crippen LogP contribution >= 0.6 is 0 Å². The van der Waals surface area contributed by atoms with E-state index in [4.69, 9.17) is 9.47 Å². The average molecular weight is 396 g/mol. The maximum Gasteiger partial charge on any atom is 0.165 e. The summed E-state index contributed by atoms with van der Waals surface area (Å²) in [6, 6.07) is 4.30. The first-order valence-electron chi connectivity index (χ1n) is 9.07. The third-order valence-electron chi connectivity index (χ3n) is 5.20. The zero-order valence-corrected chi connectivity index (χ0v) is 16.4. The lowest BCUT2D eigenvalue weighted by Crippen LogP contribution is -2.19. The van der Waals surface area contributed by atoms with Gasteiger partial charge in [-0.05, 0) is 48.1 Å². The van der Waals surface area contributed by atoms with Crippen molar-refractivity contribution in [2.75, 3.05) is 26.1 Å². The van der Waals surface area contributed by atoms with Crippen LogP contribution in [0.2, 0.25) is 0 Å². The molecule has 1 saturated heterocycles. The number of hydrogen-bond acceptors (Lipinski definition) is 5. The molecule has 148 valence electrons. The second kappa shape index (κ2) is 8.12. The highest BCUT2D eigenvalue weighted by molar-refractivity contribution is 7.92. The number of phenolic OH excluding ortho intramolecular Hbond substituents is 1. The number of fused-ring (bicyclic) bond motifs is 1. The number of methoxy groups -OCH3 is 1. The first-order chi connectivity index (χ1) is 12.9. The Bertz CT molecular complexity index is 872. The van der Waals surface area contributed by atoms with Crippen molar-refractivity contribution in [3.8, 4) is 5.75 Å². The molecule has 0 unspecified atom stereocenters. The number of ether oxygens (including phenoxy) is 2. The highest BCUT2D eigenvalue weighted by Crippen LogP contribution is 2.38. The average Bonchev–Trinajstić information content (AvgIpc) is 3.15. The Morgan fingerprint density at radius 3 is 2.89 bits per heavy atom. The minimum Gasteiger partial charge on any atom is -0.505 e. The van der Waals surface area contributed by atoms with Crippen LogP contribution < -0.4 is 0 Å². The largest absolute Gasteiger partial charge is 0.505 e. The number of benzene rings is 1. The summed E-state index contributed by atoms with van der Waals surface area (Å²) in [6.07, 6.45) is 3.88. The molecule has 27 heavy (non-hydrogen) atoms. The number of halogens is 1. The van der Waals surface area contributed by atoms with Gasteiger partial charge in [-0.1, -0.05) is 24.6 Å². The van der Waals surface area contributed by atoms with Crippen LogP contribution in [0.15, 0.2) is 34.9 Å². The Kier molecular flexibility index (Phi) is 6.03. The van der Waals surface area contributed by atoms with Gasteiger partial charge in [0.25, 0.3) is 0 Å². The van der Waals surface area contributed by atoms with E-state index in [2.05, 4.69) is 0 Å². The van der Waals surface area contributed by atoms with Gasteiger partial charge in [0.2, 0.25) is 0 Å². The predicted octanol–water partition coefficient (Wildman–Crippen LogP) is 3.24. The Labute approximate surface area is 159 Å². The third-order valence-corrected chi connectivity index (χ3v) is 7.21. The zero-order valence-electron chi connectivity index (χ0n) is 15.6. The predicted molar refractivity (Wildman–Crippen MR) is 102 cm³/mol. The molecule has 0 saturated carbocycles. The normalized spacial score (nSPS) is 24.5. The molecular weight excluding hydrogens is 371 g/mol. The fourth-order valence-electron chi connectivity index (χ4n) is 3.82. The van der Waals surface area contributed by atoms with E-state index in [1.165, 1.54) is 12.1 Å². The molecule has 3 rings (SSSR count). The first-order valence-corrected chi connectivity index (χ1v) is 10.8. The van der Waals surface area contributed by atoms with Gasteiger partial charge in [-0.15, -0.1) is 0 Å². The molecule has 2 aliphatic rings. The molecule has 0 bridgehead atoms. The van der Waals surface area contributed by atoms with Gasteiger partial charge in [0.15, 0.2) is 21.4 Å². The topological polar surface area (TPSA) is 72.8 Å². The van der Waals surface area contributed by atoms with Gasteiger partial charge >= 0.3 is 0 Å². The van der Waals surface area contributed by atoms with E-state index >= 15 is 0 Å². The molecular formula is C20H25FO5S. The molecule has 2 aliphatic heterocycles. The van der Waals surface area contributed by atoms with Crippen molar-refractivity contribution in [1.29, 1.82) is 0 Å². The van der Waals surface area contributed by atoms with E-state index < -0.39 is 20.9 Å². The molecule has 2 atom stereocenters. The quantitative estimate of drug-likeness (QED) is 0.717. The molecule has 0 aromatic heterocycles.